The molecule has 196 valence electrons. The summed E-state index contributed by atoms with van der Waals surface area (Å²) in [4.78, 5) is 19.0. The molecule has 0 amide bonds. The predicted molar refractivity (Wildman–Crippen MR) is 151 cm³/mol. The van der Waals surface area contributed by atoms with Gasteiger partial charge < -0.3 is 14.2 Å². The van der Waals surface area contributed by atoms with E-state index in [1.807, 2.05) is 36.4 Å². The van der Waals surface area contributed by atoms with Crippen molar-refractivity contribution in [3.05, 3.63) is 63.3 Å². The summed E-state index contributed by atoms with van der Waals surface area (Å²) in [5.74, 6) is 2.59. The number of hydrogen-bond acceptors (Lipinski definition) is 7. The molecular weight excluding hydrogens is 541 g/mol. The van der Waals surface area contributed by atoms with E-state index in [-0.39, 0.29) is 11.9 Å². The van der Waals surface area contributed by atoms with Gasteiger partial charge in [0.2, 0.25) is 0 Å². The van der Waals surface area contributed by atoms with Gasteiger partial charge in [0.25, 0.3) is 0 Å². The van der Waals surface area contributed by atoms with Gasteiger partial charge in [0.1, 0.15) is 11.5 Å². The average Bonchev–Trinajstić information content (AvgIpc) is 3.19. The van der Waals surface area contributed by atoms with Gasteiger partial charge in [-0.1, -0.05) is 45.8 Å². The summed E-state index contributed by atoms with van der Waals surface area (Å²) in [5, 5.41) is 6.58. The normalized spacial score (nSPS) is 22.9. The van der Waals surface area contributed by atoms with E-state index in [9.17, 15) is 4.79 Å². The van der Waals surface area contributed by atoms with Crippen molar-refractivity contribution in [3.63, 3.8) is 0 Å². The SMILES string of the molecule is CC(=O)c1ccc2nc(N3CC4CC(OCc5c(-c6c(Cl)cccc6Cl)noc5C5CC5)CC4C3)sc2c1. The monoisotopic (exact) mass is 567 g/mol. The molecule has 9 heteroatoms. The lowest BCUT2D eigenvalue weighted by Gasteiger charge is -2.19. The number of anilines is 1. The summed E-state index contributed by atoms with van der Waals surface area (Å²) in [5.41, 5.74) is 4.11. The van der Waals surface area contributed by atoms with Crippen LogP contribution < -0.4 is 4.90 Å². The Bertz CT molecular complexity index is 1510. The number of thiazole rings is 1. The van der Waals surface area contributed by atoms with Crippen molar-refractivity contribution >= 4 is 55.7 Å². The number of carbonyl (C=O) groups excluding carboxylic acids is 1. The van der Waals surface area contributed by atoms with Crippen LogP contribution in [0, 0.1) is 11.8 Å². The first-order chi connectivity index (χ1) is 18.4. The number of halogens is 2. The Morgan fingerprint density at radius 3 is 2.55 bits per heavy atom. The second kappa shape index (κ2) is 9.63. The minimum Gasteiger partial charge on any atom is -0.373 e. The highest BCUT2D eigenvalue weighted by atomic mass is 35.5. The molecule has 7 rings (SSSR count). The summed E-state index contributed by atoms with van der Waals surface area (Å²) in [7, 11) is 0. The number of aromatic nitrogens is 2. The van der Waals surface area contributed by atoms with Gasteiger partial charge in [-0.2, -0.15) is 0 Å². The third-order valence-corrected chi connectivity index (χ3v) is 9.90. The van der Waals surface area contributed by atoms with Crippen LogP contribution in [0.5, 0.6) is 0 Å². The maximum atomic E-state index is 11.8. The lowest BCUT2D eigenvalue weighted by Crippen LogP contribution is -2.23. The minimum absolute atomic E-state index is 0.0844. The van der Waals surface area contributed by atoms with Crippen molar-refractivity contribution in [2.24, 2.45) is 11.8 Å². The van der Waals surface area contributed by atoms with Crippen molar-refractivity contribution in [3.8, 4) is 11.3 Å². The fourth-order valence-electron chi connectivity index (χ4n) is 6.05. The van der Waals surface area contributed by atoms with Gasteiger partial charge in [0.05, 0.1) is 33.0 Å². The number of ether oxygens (including phenoxy) is 1. The van der Waals surface area contributed by atoms with Crippen LogP contribution in [0.1, 0.15) is 60.2 Å². The molecular formula is C29H27Cl2N3O3S. The summed E-state index contributed by atoms with van der Waals surface area (Å²) < 4.78 is 13.4. The van der Waals surface area contributed by atoms with E-state index in [0.29, 0.717) is 40.1 Å². The Morgan fingerprint density at radius 2 is 1.87 bits per heavy atom. The van der Waals surface area contributed by atoms with Gasteiger partial charge >= 0.3 is 0 Å². The van der Waals surface area contributed by atoms with Gasteiger partial charge in [-0.05, 0) is 74.8 Å². The Balaban J connectivity index is 1.03. The number of rotatable bonds is 7. The van der Waals surface area contributed by atoms with E-state index in [0.717, 1.165) is 76.6 Å². The maximum Gasteiger partial charge on any atom is 0.186 e. The summed E-state index contributed by atoms with van der Waals surface area (Å²) in [6.07, 6.45) is 4.50. The molecule has 2 aliphatic carbocycles. The predicted octanol–water partition coefficient (Wildman–Crippen LogP) is 7.77. The largest absolute Gasteiger partial charge is 0.373 e. The first kappa shape index (κ1) is 24.6. The van der Waals surface area contributed by atoms with Crippen molar-refractivity contribution in [2.75, 3.05) is 18.0 Å². The second-order valence-electron chi connectivity index (χ2n) is 10.8. The molecule has 38 heavy (non-hydrogen) atoms. The zero-order valence-electron chi connectivity index (χ0n) is 21.0. The number of fused-ring (bicyclic) bond motifs is 2. The van der Waals surface area contributed by atoms with Gasteiger partial charge in [0, 0.05) is 35.7 Å². The highest BCUT2D eigenvalue weighted by Gasteiger charge is 2.42. The Kier molecular flexibility index (Phi) is 6.23. The van der Waals surface area contributed by atoms with Crippen LogP contribution in [0.25, 0.3) is 21.5 Å². The van der Waals surface area contributed by atoms with Gasteiger partial charge in [-0.3, -0.25) is 4.79 Å². The molecule has 0 radical (unpaired) electrons. The van der Waals surface area contributed by atoms with E-state index >= 15 is 0 Å². The van der Waals surface area contributed by atoms with Crippen LogP contribution in [0.15, 0.2) is 40.9 Å². The Hall–Kier alpha value is -2.45. The number of carbonyl (C=O) groups is 1. The van der Waals surface area contributed by atoms with Crippen LogP contribution in [0.3, 0.4) is 0 Å². The Labute approximate surface area is 234 Å². The first-order valence-corrected chi connectivity index (χ1v) is 14.7. The molecule has 2 aromatic carbocycles. The van der Waals surface area contributed by atoms with Crippen LogP contribution in [-0.4, -0.2) is 35.1 Å². The quantitative estimate of drug-likeness (QED) is 0.212. The van der Waals surface area contributed by atoms with Crippen LogP contribution in [0.4, 0.5) is 5.13 Å². The number of nitrogens with zero attached hydrogens (tertiary/aromatic N) is 3. The highest BCUT2D eigenvalue weighted by Crippen LogP contribution is 2.47. The minimum atomic E-state index is 0.0844. The standard InChI is InChI=1S/C29H27Cl2N3O3S/c1-15(35)17-7-8-24-25(11-17)38-29(32-24)34-12-18-9-20(10-19(18)13-34)36-14-21-27(33-37-28(21)16-5-6-16)26-22(30)3-2-4-23(26)31/h2-4,7-8,11,16,18-20H,5-6,9-10,12-14H2,1H3. The highest BCUT2D eigenvalue weighted by molar-refractivity contribution is 7.22. The Morgan fingerprint density at radius 1 is 1.13 bits per heavy atom. The van der Waals surface area contributed by atoms with E-state index in [4.69, 9.17) is 37.4 Å². The van der Waals surface area contributed by atoms with E-state index in [2.05, 4.69) is 10.1 Å². The van der Waals surface area contributed by atoms with Gasteiger partial charge in [-0.25, -0.2) is 4.98 Å². The topological polar surface area (TPSA) is 68.5 Å². The molecule has 3 fully saturated rings. The molecule has 3 heterocycles. The fourth-order valence-corrected chi connectivity index (χ4v) is 7.65. The zero-order valence-corrected chi connectivity index (χ0v) is 23.3. The molecule has 2 saturated carbocycles. The lowest BCUT2D eigenvalue weighted by atomic mass is 10.0. The molecule has 0 spiro atoms. The maximum absolute atomic E-state index is 11.8. The van der Waals surface area contributed by atoms with E-state index in [1.54, 1.807) is 18.3 Å². The van der Waals surface area contributed by atoms with Gasteiger partial charge in [0.15, 0.2) is 10.9 Å². The van der Waals surface area contributed by atoms with Crippen LogP contribution >= 0.6 is 34.5 Å². The fraction of sp³-hybridized carbons (Fsp3) is 0.414. The molecule has 1 saturated heterocycles. The van der Waals surface area contributed by atoms with Gasteiger partial charge in [-0.15, -0.1) is 0 Å². The third-order valence-electron chi connectivity index (χ3n) is 8.19. The lowest BCUT2D eigenvalue weighted by molar-refractivity contribution is 0.0403. The number of benzene rings is 2. The number of Topliss-reactive ketones (excluding diaryl/α,β-unsaturated/α-hetero) is 1. The molecule has 4 aromatic rings. The molecule has 2 atom stereocenters. The van der Waals surface area contributed by atoms with Crippen molar-refractivity contribution in [1.82, 2.24) is 10.1 Å². The first-order valence-electron chi connectivity index (χ1n) is 13.2. The molecule has 3 aliphatic rings. The molecule has 2 aromatic heterocycles. The average molecular weight is 569 g/mol. The zero-order chi connectivity index (χ0) is 26.0. The van der Waals surface area contributed by atoms with E-state index < -0.39 is 0 Å². The molecule has 6 nitrogen and oxygen atoms in total. The third kappa shape index (κ3) is 4.43. The smallest absolute Gasteiger partial charge is 0.186 e. The molecule has 2 unspecified atom stereocenters. The summed E-state index contributed by atoms with van der Waals surface area (Å²) in [6.45, 7) is 4.04. The molecule has 0 N–H and O–H groups in total. The second-order valence-corrected chi connectivity index (χ2v) is 12.6. The van der Waals surface area contributed by atoms with Crippen molar-refractivity contribution in [2.45, 2.75) is 51.2 Å². The van der Waals surface area contributed by atoms with Crippen LogP contribution in [0.2, 0.25) is 10.0 Å². The number of hydrogen-bond donors (Lipinski definition) is 0. The van der Waals surface area contributed by atoms with Crippen molar-refractivity contribution < 1.29 is 14.1 Å². The summed E-state index contributed by atoms with van der Waals surface area (Å²) >= 11 is 14.7. The van der Waals surface area contributed by atoms with E-state index in [1.165, 1.54) is 0 Å². The van der Waals surface area contributed by atoms with Crippen LogP contribution in [-0.2, 0) is 11.3 Å². The summed E-state index contributed by atoms with van der Waals surface area (Å²) in [6, 6.07) is 11.3. The van der Waals surface area contributed by atoms with Crippen molar-refractivity contribution in [1.29, 1.82) is 0 Å². The molecule has 0 bridgehead atoms. The molecule has 1 aliphatic heterocycles. The number of ketones is 1.